The summed E-state index contributed by atoms with van der Waals surface area (Å²) in [7, 11) is 0. The summed E-state index contributed by atoms with van der Waals surface area (Å²) in [6.07, 6.45) is 6.84. The summed E-state index contributed by atoms with van der Waals surface area (Å²) in [6, 6.07) is 15.4. The number of aromatic nitrogens is 2. The molecular weight excluding hydrogens is 523 g/mol. The molecule has 4 rings (SSSR count). The predicted molar refractivity (Wildman–Crippen MR) is 134 cm³/mol. The molecule has 2 aromatic carbocycles. The monoisotopic (exact) mass is 554 g/mol. The number of rotatable bonds is 10. The number of para-hydroxylation sites is 2. The molecule has 0 spiro atoms. The zero-order valence-electron chi connectivity index (χ0n) is 19.1. The first-order chi connectivity index (χ1) is 16.1. The zero-order valence-corrected chi connectivity index (χ0v) is 22.0. The van der Waals surface area contributed by atoms with Crippen LogP contribution in [-0.4, -0.2) is 36.3 Å². The molecule has 0 aliphatic rings. The predicted octanol–water partition coefficient (Wildman–Crippen LogP) is 7.56. The van der Waals surface area contributed by atoms with E-state index >= 15 is 0 Å². The average Bonchev–Trinajstić information content (AvgIpc) is 3.44. The minimum atomic E-state index is -4.26. The second kappa shape index (κ2) is 10.5. The van der Waals surface area contributed by atoms with Crippen LogP contribution < -0.4 is 9.47 Å². The molecular formula is C26H30N2O4Sn. The van der Waals surface area contributed by atoms with E-state index in [1.807, 2.05) is 48.5 Å². The molecule has 0 unspecified atom stereocenters. The van der Waals surface area contributed by atoms with Crippen molar-refractivity contribution in [3.05, 3.63) is 60.9 Å². The molecule has 2 N–H and O–H groups in total. The SMILES string of the molecule is CCC[CH2][Sn]([CH2]CCC)([C](=O)Oc1c[nH]c2ccccc12)[C](=O)Oc1c[nH]c2ccccc12. The van der Waals surface area contributed by atoms with Crippen molar-refractivity contribution >= 4 is 48.2 Å². The third kappa shape index (κ3) is 4.81. The number of hydrogen-bond donors (Lipinski definition) is 2. The fourth-order valence-corrected chi connectivity index (χ4v) is 15.0. The van der Waals surface area contributed by atoms with E-state index in [0.29, 0.717) is 20.4 Å². The second-order valence-corrected chi connectivity index (χ2v) is 19.8. The number of fused-ring (bicyclic) bond motifs is 2. The molecule has 0 amide bonds. The number of benzene rings is 2. The summed E-state index contributed by atoms with van der Waals surface area (Å²) in [5, 5.41) is 1.67. The zero-order chi connectivity index (χ0) is 23.3. The molecule has 4 aromatic rings. The quantitative estimate of drug-likeness (QED) is 0.199. The number of hydrogen-bond acceptors (Lipinski definition) is 4. The number of carbonyl (C=O) groups is 2. The maximum atomic E-state index is 13.8. The Morgan fingerprint density at radius 2 is 1.15 bits per heavy atom. The summed E-state index contributed by atoms with van der Waals surface area (Å²) < 4.78 is 12.4. The van der Waals surface area contributed by atoms with Crippen LogP contribution in [0.3, 0.4) is 0 Å². The van der Waals surface area contributed by atoms with Gasteiger partial charge in [-0.2, -0.15) is 0 Å². The molecule has 6 nitrogen and oxygen atoms in total. The molecule has 33 heavy (non-hydrogen) atoms. The van der Waals surface area contributed by atoms with Crippen LogP contribution >= 0.6 is 0 Å². The van der Waals surface area contributed by atoms with Crippen molar-refractivity contribution in [3.8, 4) is 11.5 Å². The molecule has 7 heteroatoms. The molecule has 0 bridgehead atoms. The number of ether oxygens (including phenoxy) is 2. The molecule has 172 valence electrons. The summed E-state index contributed by atoms with van der Waals surface area (Å²) in [4.78, 5) is 33.8. The normalized spacial score (nSPS) is 11.7. The fourth-order valence-electron chi connectivity index (χ4n) is 4.23. The Morgan fingerprint density at radius 3 is 1.58 bits per heavy atom. The molecule has 0 fully saturated rings. The Bertz CT molecular complexity index is 1160. The van der Waals surface area contributed by atoms with Gasteiger partial charge in [0, 0.05) is 0 Å². The van der Waals surface area contributed by atoms with Gasteiger partial charge in [0.25, 0.3) is 0 Å². The summed E-state index contributed by atoms with van der Waals surface area (Å²) in [6.45, 7) is 4.15. The van der Waals surface area contributed by atoms with E-state index < -0.39 is 18.4 Å². The second-order valence-electron chi connectivity index (χ2n) is 8.47. The van der Waals surface area contributed by atoms with Crippen molar-refractivity contribution in [1.82, 2.24) is 9.97 Å². The number of nitrogens with one attached hydrogen (secondary N) is 2. The first-order valence-electron chi connectivity index (χ1n) is 11.7. The Labute approximate surface area is 197 Å². The van der Waals surface area contributed by atoms with Gasteiger partial charge in [-0.3, -0.25) is 0 Å². The van der Waals surface area contributed by atoms with Crippen molar-refractivity contribution in [2.24, 2.45) is 0 Å². The van der Waals surface area contributed by atoms with Crippen LogP contribution in [0.1, 0.15) is 39.5 Å². The van der Waals surface area contributed by atoms with E-state index in [1.54, 1.807) is 12.4 Å². The molecule has 0 radical (unpaired) electrons. The van der Waals surface area contributed by atoms with Crippen LogP contribution in [0.4, 0.5) is 9.59 Å². The van der Waals surface area contributed by atoms with Gasteiger partial charge < -0.3 is 0 Å². The first kappa shape index (κ1) is 23.4. The fraction of sp³-hybridized carbons (Fsp3) is 0.308. The van der Waals surface area contributed by atoms with Crippen molar-refractivity contribution in [2.75, 3.05) is 0 Å². The van der Waals surface area contributed by atoms with Crippen molar-refractivity contribution in [2.45, 2.75) is 48.4 Å². The van der Waals surface area contributed by atoms with Gasteiger partial charge in [0.05, 0.1) is 0 Å². The van der Waals surface area contributed by atoms with Gasteiger partial charge in [-0.1, -0.05) is 0 Å². The number of carbonyl (C=O) groups excluding carboxylic acids is 2. The topological polar surface area (TPSA) is 84.2 Å². The Balaban J connectivity index is 1.68. The number of aromatic amines is 2. The molecule has 0 atom stereocenters. The van der Waals surface area contributed by atoms with Gasteiger partial charge in [-0.05, 0) is 0 Å². The summed E-state index contributed by atoms with van der Waals surface area (Å²) in [5.41, 5.74) is 1.79. The van der Waals surface area contributed by atoms with Gasteiger partial charge >= 0.3 is 198 Å². The van der Waals surface area contributed by atoms with Crippen LogP contribution in [0.25, 0.3) is 21.8 Å². The van der Waals surface area contributed by atoms with Crippen molar-refractivity contribution in [3.63, 3.8) is 0 Å². The van der Waals surface area contributed by atoms with Gasteiger partial charge in [-0.15, -0.1) is 0 Å². The number of unbranched alkanes of at least 4 members (excludes halogenated alkanes) is 2. The van der Waals surface area contributed by atoms with Gasteiger partial charge in [0.15, 0.2) is 0 Å². The standard InChI is InChI=1S/2C9H6NO2.2C4H9.Sn/c2*11-6-12-9-5-10-8-4-2-1-3-7(8)9;2*1-3-4-2;/h2*1-5,10H;2*1,3-4H2,2H3;. The van der Waals surface area contributed by atoms with E-state index in [0.717, 1.165) is 47.5 Å². The van der Waals surface area contributed by atoms with Gasteiger partial charge in [-0.25, -0.2) is 0 Å². The van der Waals surface area contributed by atoms with E-state index in [1.165, 1.54) is 0 Å². The van der Waals surface area contributed by atoms with Gasteiger partial charge in [0.2, 0.25) is 0 Å². The number of H-pyrrole nitrogens is 2. The van der Waals surface area contributed by atoms with E-state index in [4.69, 9.17) is 9.47 Å². The van der Waals surface area contributed by atoms with Crippen LogP contribution in [0.5, 0.6) is 11.5 Å². The Morgan fingerprint density at radius 1 is 0.727 bits per heavy atom. The maximum absolute atomic E-state index is 13.8. The van der Waals surface area contributed by atoms with Crippen LogP contribution in [0.15, 0.2) is 60.9 Å². The van der Waals surface area contributed by atoms with Crippen molar-refractivity contribution in [1.29, 1.82) is 0 Å². The van der Waals surface area contributed by atoms with Crippen molar-refractivity contribution < 1.29 is 19.1 Å². The van der Waals surface area contributed by atoms with E-state index in [2.05, 4.69) is 23.8 Å². The first-order valence-corrected chi connectivity index (χ1v) is 18.5. The van der Waals surface area contributed by atoms with Crippen LogP contribution in [0.2, 0.25) is 8.87 Å². The molecule has 0 aliphatic carbocycles. The van der Waals surface area contributed by atoms with E-state index in [-0.39, 0.29) is 7.97 Å². The summed E-state index contributed by atoms with van der Waals surface area (Å²) in [5.74, 6) is 0.953. The third-order valence-corrected chi connectivity index (χ3v) is 18.1. The summed E-state index contributed by atoms with van der Waals surface area (Å²) >= 11 is -4.26. The van der Waals surface area contributed by atoms with E-state index in [9.17, 15) is 9.59 Å². The molecule has 0 saturated carbocycles. The van der Waals surface area contributed by atoms with Crippen LogP contribution in [0, 0.1) is 0 Å². The average molecular weight is 553 g/mol. The Hall–Kier alpha value is -2.74. The third-order valence-electron chi connectivity index (χ3n) is 6.20. The molecule has 0 aliphatic heterocycles. The molecule has 2 heterocycles. The van der Waals surface area contributed by atoms with Crippen LogP contribution in [-0.2, 0) is 0 Å². The Kier molecular flexibility index (Phi) is 7.42. The van der Waals surface area contributed by atoms with Gasteiger partial charge in [0.1, 0.15) is 0 Å². The minimum absolute atomic E-state index is 0.346. The molecule has 0 saturated heterocycles. The molecule has 2 aromatic heterocycles.